The van der Waals surface area contributed by atoms with Crippen molar-refractivity contribution in [1.29, 1.82) is 0 Å². The van der Waals surface area contributed by atoms with Gasteiger partial charge in [-0.05, 0) is 113 Å². The zero-order valence-electron chi connectivity index (χ0n) is 54.2. The van der Waals surface area contributed by atoms with E-state index in [4.69, 9.17) is 64.1 Å². The van der Waals surface area contributed by atoms with Crippen molar-refractivity contribution in [3.05, 3.63) is 312 Å². The van der Waals surface area contributed by atoms with Crippen molar-refractivity contribution in [1.82, 2.24) is 59.8 Å². The van der Waals surface area contributed by atoms with Crippen molar-refractivity contribution in [2.45, 2.75) is 0 Å². The van der Waals surface area contributed by atoms with Gasteiger partial charge in [0.25, 0.3) is 0 Å². The van der Waals surface area contributed by atoms with Crippen molar-refractivity contribution in [2.24, 2.45) is 0 Å². The summed E-state index contributed by atoms with van der Waals surface area (Å²) in [7, 11) is 0. The Bertz CT molecular complexity index is 6560. The minimum Gasteiger partial charge on any atom is -0.456 e. The normalized spacial score (nSPS) is 11.3. The first-order valence-corrected chi connectivity index (χ1v) is 34.2. The van der Waals surface area contributed by atoms with Gasteiger partial charge in [0.15, 0.2) is 46.6 Å². The summed E-state index contributed by atoms with van der Waals surface area (Å²) in [5.41, 5.74) is 13.5. The van der Waals surface area contributed by atoms with Gasteiger partial charge in [-0.15, -0.1) is 0 Å². The van der Waals surface area contributed by atoms with E-state index >= 15 is 0 Å². The van der Waals surface area contributed by atoms with Gasteiger partial charge in [0, 0.05) is 82.0 Å². The van der Waals surface area contributed by atoms with Gasteiger partial charge in [0.05, 0.1) is 5.56 Å². The van der Waals surface area contributed by atoms with Crippen LogP contribution in [0.15, 0.2) is 309 Å². The van der Waals surface area contributed by atoms with E-state index in [2.05, 4.69) is 59.8 Å². The van der Waals surface area contributed by atoms with Crippen LogP contribution in [-0.2, 0) is 0 Å². The molecule has 8 heterocycles. The van der Waals surface area contributed by atoms with E-state index in [9.17, 15) is 0 Å². The molecule has 496 valence electrons. The maximum atomic E-state index is 6.21. The van der Waals surface area contributed by atoms with Gasteiger partial charge >= 0.3 is 0 Å². The average Bonchev–Trinajstić information content (AvgIpc) is 1.60. The number of fused-ring (bicyclic) bond motifs is 12. The number of aromatic nitrogens is 12. The Morgan fingerprint density at radius 1 is 0.183 bits per heavy atom. The number of furan rings is 4. The lowest BCUT2D eigenvalue weighted by Crippen LogP contribution is -1.97. The summed E-state index contributed by atoms with van der Waals surface area (Å²) in [6.07, 6.45) is 0. The summed E-state index contributed by atoms with van der Waals surface area (Å²) in [6, 6.07) is 94.3. The lowest BCUT2D eigenvalue weighted by atomic mass is 10.1. The van der Waals surface area contributed by atoms with Gasteiger partial charge in [-0.3, -0.25) is 0 Å². The van der Waals surface area contributed by atoms with Crippen LogP contribution in [0.3, 0.4) is 0 Å². The summed E-state index contributed by atoms with van der Waals surface area (Å²) in [6.45, 7) is 0. The highest BCUT2D eigenvalue weighted by Crippen LogP contribution is 2.39. The molecule has 20 rings (SSSR count). The molecule has 0 aliphatic heterocycles. The minimum atomic E-state index is 0.155. The molecule has 0 N–H and O–H groups in total. The molecule has 0 saturated carbocycles. The van der Waals surface area contributed by atoms with Crippen LogP contribution in [0, 0.1) is 0 Å². The molecule has 0 atom stereocenters. The molecule has 0 spiro atoms. The van der Waals surface area contributed by atoms with Crippen molar-refractivity contribution < 1.29 is 17.7 Å². The monoisotopic (exact) mass is 1430 g/mol. The second-order valence-corrected chi connectivity index (χ2v) is 25.0. The van der Waals surface area contributed by atoms with E-state index in [1.165, 1.54) is 0 Å². The van der Waals surface area contributed by atoms with Gasteiger partial charge in [-0.2, -0.15) is 39.9 Å². The smallest absolute Gasteiger partial charge is 0.226 e. The Morgan fingerprint density at radius 3 is 1.00 bits per heavy atom. The third kappa shape index (κ3) is 13.2. The molecule has 0 unspecified atom stereocenters. The molecule has 20 heteroatoms. The second kappa shape index (κ2) is 28.2. The molecular weight excluding hydrogens is 1380 g/mol. The first-order valence-electron chi connectivity index (χ1n) is 32.7. The van der Waals surface area contributed by atoms with Crippen LogP contribution in [0.4, 0.5) is 0 Å². The van der Waals surface area contributed by atoms with E-state index in [-0.39, 0.29) is 21.1 Å². The Hall–Kier alpha value is -13.0. The van der Waals surface area contributed by atoms with Crippen molar-refractivity contribution in [2.75, 3.05) is 0 Å². The van der Waals surface area contributed by atoms with Crippen LogP contribution >= 0.6 is 46.4 Å². The number of halogens is 4. The fourth-order valence-corrected chi connectivity index (χ4v) is 13.0. The summed E-state index contributed by atoms with van der Waals surface area (Å²) >= 11 is 24.7. The number of hydrogen-bond acceptors (Lipinski definition) is 16. The second-order valence-electron chi connectivity index (χ2n) is 23.6. The molecule has 0 fully saturated rings. The molecule has 0 amide bonds. The lowest BCUT2D eigenvalue weighted by molar-refractivity contribution is 0.668. The third-order valence-electron chi connectivity index (χ3n) is 17.1. The predicted molar refractivity (Wildman–Crippen MR) is 412 cm³/mol. The van der Waals surface area contributed by atoms with E-state index in [0.29, 0.717) is 46.6 Å². The van der Waals surface area contributed by atoms with Crippen LogP contribution in [0.1, 0.15) is 0 Å². The van der Waals surface area contributed by atoms with Crippen molar-refractivity contribution in [3.8, 4) is 91.1 Å². The SMILES string of the molecule is Clc1nc(-c2ccccc2)nc(-c2ccc3c(c2)oc2ccccc23)n1.Clc1nc(-c2ccccc2)nc(-c2ccc3oc4ccccc4c3c2)n1.Clc1nc(-c2ccccc2)nc(-c2cccc3c2oc2ccccc23)n1.Clc1nc(-c2ccccc2)nc(-c2cccc3oc4ccccc4c23)n1. The molecule has 0 aliphatic rings. The average molecular weight is 1430 g/mol. The van der Waals surface area contributed by atoms with Gasteiger partial charge in [0.2, 0.25) is 21.1 Å². The van der Waals surface area contributed by atoms with Crippen LogP contribution in [0.2, 0.25) is 21.1 Å². The van der Waals surface area contributed by atoms with E-state index in [0.717, 1.165) is 132 Å². The molecular formula is C84H48Cl4N12O4. The number of hydrogen-bond donors (Lipinski definition) is 0. The Balaban J connectivity index is 0.000000103. The van der Waals surface area contributed by atoms with Gasteiger partial charge in [-0.25, -0.2) is 19.9 Å². The minimum absolute atomic E-state index is 0.155. The summed E-state index contributed by atoms with van der Waals surface area (Å²) in [5.74, 6) is 4.26. The van der Waals surface area contributed by atoms with Crippen LogP contribution in [-0.4, -0.2) is 59.8 Å². The highest BCUT2D eigenvalue weighted by Gasteiger charge is 2.20. The van der Waals surface area contributed by atoms with E-state index < -0.39 is 0 Å². The molecule has 0 aliphatic carbocycles. The first-order chi connectivity index (χ1) is 51.1. The first kappa shape index (κ1) is 64.4. The van der Waals surface area contributed by atoms with Crippen LogP contribution in [0.25, 0.3) is 179 Å². The topological polar surface area (TPSA) is 207 Å². The van der Waals surface area contributed by atoms with Gasteiger partial charge in [-0.1, -0.05) is 224 Å². The Labute approximate surface area is 611 Å². The van der Waals surface area contributed by atoms with E-state index in [1.54, 1.807) is 0 Å². The fourth-order valence-electron chi connectivity index (χ4n) is 12.4. The van der Waals surface area contributed by atoms with Crippen LogP contribution in [0.5, 0.6) is 0 Å². The molecule has 12 aromatic carbocycles. The summed E-state index contributed by atoms with van der Waals surface area (Å²) in [4.78, 5) is 52.8. The maximum Gasteiger partial charge on any atom is 0.226 e. The largest absolute Gasteiger partial charge is 0.456 e. The van der Waals surface area contributed by atoms with E-state index in [1.807, 2.05) is 291 Å². The summed E-state index contributed by atoms with van der Waals surface area (Å²) < 4.78 is 23.9. The molecule has 0 radical (unpaired) electrons. The highest BCUT2D eigenvalue weighted by atomic mass is 35.5. The van der Waals surface area contributed by atoms with Crippen molar-refractivity contribution >= 4 is 134 Å². The molecule has 0 bridgehead atoms. The van der Waals surface area contributed by atoms with Crippen molar-refractivity contribution in [3.63, 3.8) is 0 Å². The number of rotatable bonds is 8. The number of nitrogens with zero attached hydrogens (tertiary/aromatic N) is 12. The van der Waals surface area contributed by atoms with Gasteiger partial charge in [0.1, 0.15) is 44.7 Å². The highest BCUT2D eigenvalue weighted by molar-refractivity contribution is 6.29. The number of para-hydroxylation sites is 5. The quantitative estimate of drug-likeness (QED) is 0.139. The van der Waals surface area contributed by atoms with Gasteiger partial charge < -0.3 is 17.7 Å². The fraction of sp³-hybridized carbons (Fsp3) is 0. The third-order valence-corrected chi connectivity index (χ3v) is 17.8. The zero-order valence-corrected chi connectivity index (χ0v) is 57.2. The predicted octanol–water partition coefficient (Wildman–Crippen LogP) is 23.0. The molecule has 20 aromatic rings. The molecule has 16 nitrogen and oxygen atoms in total. The lowest BCUT2D eigenvalue weighted by Gasteiger charge is -2.06. The standard InChI is InChI=1S/4C21H12ClN3O/c22-21-24-19(13-7-2-1-3-8-13)23-20(25-21)16-11-6-10-15-14-9-4-5-12-17(14)26-18(15)16;22-21-24-19(13-7-2-1-3-8-13)23-20(25-21)15-10-6-12-17-18(15)14-9-4-5-11-16(14)26-17;22-21-24-19(13-6-2-1-3-7-13)23-20(25-21)14-10-11-18-16(12-14)15-8-4-5-9-17(15)26-18;22-21-24-19(13-6-2-1-3-7-13)23-20(25-21)14-10-11-16-15-8-4-5-9-17(15)26-18(16)12-14/h4*1-12H. The van der Waals surface area contributed by atoms with Crippen LogP contribution < -0.4 is 0 Å². The Morgan fingerprint density at radius 2 is 0.490 bits per heavy atom. The maximum absolute atomic E-state index is 6.21. The zero-order chi connectivity index (χ0) is 70.0. The molecule has 0 saturated heterocycles. The Kier molecular flexibility index (Phi) is 17.5. The summed E-state index contributed by atoms with van der Waals surface area (Å²) in [5, 5.41) is 8.98. The molecule has 8 aromatic heterocycles. The number of benzene rings is 12. The molecule has 104 heavy (non-hydrogen) atoms.